The van der Waals surface area contributed by atoms with Crippen LogP contribution in [0.5, 0.6) is 0 Å². The molecule has 5 nitrogen and oxygen atoms in total. The topological polar surface area (TPSA) is 45.6 Å². The van der Waals surface area contributed by atoms with E-state index in [1.54, 1.807) is 0 Å². The van der Waals surface area contributed by atoms with Crippen molar-refractivity contribution in [3.05, 3.63) is 24.0 Å². The fourth-order valence-electron chi connectivity index (χ4n) is 6.63. The molecule has 4 bridgehead atoms. The van der Waals surface area contributed by atoms with E-state index in [0.717, 1.165) is 42.6 Å². The summed E-state index contributed by atoms with van der Waals surface area (Å²) in [6.45, 7) is 2.70. The number of rotatable bonds is 2. The van der Waals surface area contributed by atoms with E-state index in [4.69, 9.17) is 0 Å². The predicted molar refractivity (Wildman–Crippen MR) is 98.5 cm³/mol. The smallest absolute Gasteiger partial charge is 0.255 e. The average molecular weight is 355 g/mol. The minimum absolute atomic E-state index is 0.0552. The molecule has 5 aliphatic rings. The number of aryl methyl sites for hydroxylation is 1. The van der Waals surface area contributed by atoms with Gasteiger partial charge < -0.3 is 14.4 Å². The average Bonchev–Trinajstić information content (AvgIpc) is 3.06. The second-order valence-electron chi connectivity index (χ2n) is 9.35. The Bertz CT molecular complexity index is 694. The fourth-order valence-corrected chi connectivity index (χ4v) is 6.63. The largest absolute Gasteiger partial charge is 0.356 e. The van der Waals surface area contributed by atoms with Crippen molar-refractivity contribution in [1.29, 1.82) is 0 Å². The Morgan fingerprint density at radius 1 is 0.923 bits per heavy atom. The molecule has 2 amide bonds. The quantitative estimate of drug-likeness (QED) is 0.818. The molecule has 4 aliphatic carbocycles. The van der Waals surface area contributed by atoms with E-state index in [9.17, 15) is 9.59 Å². The van der Waals surface area contributed by atoms with Crippen LogP contribution in [0.25, 0.3) is 0 Å². The molecule has 6 rings (SSSR count). The van der Waals surface area contributed by atoms with Gasteiger partial charge in [0.25, 0.3) is 5.91 Å². The van der Waals surface area contributed by atoms with Gasteiger partial charge in [0, 0.05) is 45.6 Å². The first-order valence-electron chi connectivity index (χ1n) is 10.2. The number of amides is 2. The number of carbonyl (C=O) groups is 2. The first-order chi connectivity index (χ1) is 12.5. The molecule has 140 valence electrons. The van der Waals surface area contributed by atoms with E-state index in [1.807, 2.05) is 35.0 Å². The first-order valence-corrected chi connectivity index (χ1v) is 10.2. The van der Waals surface area contributed by atoms with Crippen molar-refractivity contribution in [2.24, 2.45) is 30.2 Å². The molecule has 0 aromatic carbocycles. The zero-order chi connectivity index (χ0) is 17.9. The molecule has 26 heavy (non-hydrogen) atoms. The maximum atomic E-state index is 13.4. The molecular formula is C21H29N3O2. The summed E-state index contributed by atoms with van der Waals surface area (Å²) in [4.78, 5) is 30.0. The molecular weight excluding hydrogens is 326 g/mol. The van der Waals surface area contributed by atoms with Crippen molar-refractivity contribution in [3.63, 3.8) is 0 Å². The lowest BCUT2D eigenvalue weighted by atomic mass is 9.49. The van der Waals surface area contributed by atoms with E-state index in [1.165, 1.54) is 19.3 Å². The Labute approximate surface area is 155 Å². The third kappa shape index (κ3) is 2.58. The fraction of sp³-hybridized carbons (Fsp3) is 0.714. The highest BCUT2D eigenvalue weighted by Gasteiger charge is 2.55. The van der Waals surface area contributed by atoms with Gasteiger partial charge in [0.1, 0.15) is 0 Å². The Balaban J connectivity index is 1.24. The van der Waals surface area contributed by atoms with Crippen LogP contribution < -0.4 is 0 Å². The van der Waals surface area contributed by atoms with Gasteiger partial charge in [0.2, 0.25) is 5.91 Å². The van der Waals surface area contributed by atoms with Crippen LogP contribution in [0.15, 0.2) is 18.5 Å². The van der Waals surface area contributed by atoms with Crippen molar-refractivity contribution >= 4 is 11.8 Å². The van der Waals surface area contributed by atoms with Crippen LogP contribution in [0.4, 0.5) is 0 Å². The van der Waals surface area contributed by atoms with Crippen molar-refractivity contribution < 1.29 is 9.59 Å². The minimum Gasteiger partial charge on any atom is -0.356 e. The summed E-state index contributed by atoms with van der Waals surface area (Å²) in [6, 6.07) is 1.87. The summed E-state index contributed by atoms with van der Waals surface area (Å²) in [6.07, 6.45) is 11.3. The van der Waals surface area contributed by atoms with Gasteiger partial charge in [-0.15, -0.1) is 0 Å². The molecule has 0 unspecified atom stereocenters. The lowest BCUT2D eigenvalue weighted by molar-refractivity contribution is -0.159. The molecule has 0 N–H and O–H groups in total. The first kappa shape index (κ1) is 16.4. The van der Waals surface area contributed by atoms with Crippen molar-refractivity contribution in [2.45, 2.75) is 38.5 Å². The molecule has 1 aliphatic heterocycles. The Kier molecular flexibility index (Phi) is 3.70. The van der Waals surface area contributed by atoms with Crippen LogP contribution in [0.2, 0.25) is 0 Å². The maximum absolute atomic E-state index is 13.4. The van der Waals surface area contributed by atoms with Gasteiger partial charge in [-0.3, -0.25) is 9.59 Å². The molecule has 1 aromatic rings. The van der Waals surface area contributed by atoms with Crippen LogP contribution in [-0.4, -0.2) is 52.4 Å². The second-order valence-corrected chi connectivity index (χ2v) is 9.35. The zero-order valence-corrected chi connectivity index (χ0v) is 15.7. The van der Waals surface area contributed by atoms with Gasteiger partial charge in [-0.2, -0.15) is 0 Å². The molecule has 5 heteroatoms. The SMILES string of the molecule is Cn1ccc(C(=O)N2CCN(C(=O)C34CC5CC(CC(C5)C3)C4)CC2)c1. The molecule has 1 aromatic heterocycles. The summed E-state index contributed by atoms with van der Waals surface area (Å²) in [5.74, 6) is 2.89. The van der Waals surface area contributed by atoms with Crippen molar-refractivity contribution in [1.82, 2.24) is 14.4 Å². The highest BCUT2D eigenvalue weighted by molar-refractivity contribution is 5.94. The van der Waals surface area contributed by atoms with Crippen LogP contribution in [0, 0.1) is 23.2 Å². The normalized spacial score (nSPS) is 35.8. The highest BCUT2D eigenvalue weighted by Crippen LogP contribution is 2.60. The zero-order valence-electron chi connectivity index (χ0n) is 15.7. The summed E-state index contributed by atoms with van der Waals surface area (Å²) < 4.78 is 1.90. The number of aromatic nitrogens is 1. The van der Waals surface area contributed by atoms with Gasteiger partial charge in [0.15, 0.2) is 0 Å². The number of hydrogen-bond acceptors (Lipinski definition) is 2. The maximum Gasteiger partial charge on any atom is 0.255 e. The summed E-state index contributed by atoms with van der Waals surface area (Å²) in [7, 11) is 1.93. The lowest BCUT2D eigenvalue weighted by Crippen LogP contribution is -2.58. The third-order valence-electron chi connectivity index (χ3n) is 7.42. The van der Waals surface area contributed by atoms with Crippen LogP contribution in [0.3, 0.4) is 0 Å². The number of nitrogens with zero attached hydrogens (tertiary/aromatic N) is 3. The van der Waals surface area contributed by atoms with Crippen molar-refractivity contribution in [3.8, 4) is 0 Å². The van der Waals surface area contributed by atoms with Gasteiger partial charge in [0.05, 0.1) is 11.0 Å². The molecule has 4 saturated carbocycles. The van der Waals surface area contributed by atoms with Gasteiger partial charge in [-0.05, 0) is 62.3 Å². The second kappa shape index (κ2) is 5.86. The predicted octanol–water partition coefficient (Wildman–Crippen LogP) is 2.53. The van der Waals surface area contributed by atoms with Gasteiger partial charge in [-0.25, -0.2) is 0 Å². The number of carbonyl (C=O) groups excluding carboxylic acids is 2. The van der Waals surface area contributed by atoms with E-state index in [2.05, 4.69) is 4.90 Å². The summed E-state index contributed by atoms with van der Waals surface area (Å²) in [5, 5.41) is 0. The Morgan fingerprint density at radius 2 is 1.46 bits per heavy atom. The molecule has 0 spiro atoms. The number of hydrogen-bond donors (Lipinski definition) is 0. The summed E-state index contributed by atoms with van der Waals surface area (Å²) in [5.41, 5.74) is 0.689. The summed E-state index contributed by atoms with van der Waals surface area (Å²) >= 11 is 0. The standard InChI is InChI=1S/C21H29N3O2/c1-22-3-2-18(14-22)19(25)23-4-6-24(7-5-23)20(26)21-11-15-8-16(12-21)10-17(9-15)13-21/h2-3,14-17H,4-13H2,1H3. The number of piperazine rings is 1. The van der Waals surface area contributed by atoms with E-state index in [-0.39, 0.29) is 11.3 Å². The minimum atomic E-state index is -0.0552. The monoisotopic (exact) mass is 355 g/mol. The van der Waals surface area contributed by atoms with E-state index in [0.29, 0.717) is 32.1 Å². The van der Waals surface area contributed by atoms with E-state index >= 15 is 0 Å². The third-order valence-corrected chi connectivity index (χ3v) is 7.42. The molecule has 5 fully saturated rings. The van der Waals surface area contributed by atoms with Gasteiger partial charge >= 0.3 is 0 Å². The van der Waals surface area contributed by atoms with Crippen molar-refractivity contribution in [2.75, 3.05) is 26.2 Å². The molecule has 0 atom stereocenters. The van der Waals surface area contributed by atoms with Crippen LogP contribution in [-0.2, 0) is 11.8 Å². The molecule has 0 radical (unpaired) electrons. The van der Waals surface area contributed by atoms with Gasteiger partial charge in [-0.1, -0.05) is 0 Å². The highest BCUT2D eigenvalue weighted by atomic mass is 16.2. The van der Waals surface area contributed by atoms with E-state index < -0.39 is 0 Å². The lowest BCUT2D eigenvalue weighted by Gasteiger charge is -2.57. The molecule has 2 heterocycles. The van der Waals surface area contributed by atoms with Crippen LogP contribution in [0.1, 0.15) is 48.9 Å². The van der Waals surface area contributed by atoms with Crippen LogP contribution >= 0.6 is 0 Å². The molecule has 1 saturated heterocycles. The Hall–Kier alpha value is -1.78. The Morgan fingerprint density at radius 3 is 1.96 bits per heavy atom.